The molecule has 0 rings (SSSR count). The van der Waals surface area contributed by atoms with Crippen LogP contribution in [0.2, 0.25) is 5.82 Å². The molecule has 0 radical (unpaired) electrons. The van der Waals surface area contributed by atoms with E-state index in [4.69, 9.17) is 5.11 Å². The van der Waals surface area contributed by atoms with Gasteiger partial charge in [0.05, 0.1) is 0 Å². The number of hydrogen-bond donors (Lipinski definition) is 3. The predicted octanol–water partition coefficient (Wildman–Crippen LogP) is -0.374. The zero-order valence-corrected chi connectivity index (χ0v) is 7.60. The fourth-order valence-corrected chi connectivity index (χ4v) is 1.82. The van der Waals surface area contributed by atoms with Gasteiger partial charge in [0.2, 0.25) is 0 Å². The molecule has 2 N–H and O–H groups in total. The third kappa shape index (κ3) is 3.81. The van der Waals surface area contributed by atoms with E-state index in [0.29, 0.717) is 5.75 Å². The quantitative estimate of drug-likeness (QED) is 0.442. The molecule has 0 aromatic heterocycles. The Bertz CT molecular complexity index is 101. The summed E-state index contributed by atoms with van der Waals surface area (Å²) in [6.07, 6.45) is 0. The Morgan fingerprint density at radius 1 is 2.00 bits per heavy atom. The molecule has 0 fully saturated rings. The van der Waals surface area contributed by atoms with E-state index >= 15 is 0 Å². The summed E-state index contributed by atoms with van der Waals surface area (Å²) in [5.41, 5.74) is 0. The fraction of sp³-hybridized carbons (Fsp3) is 0.750. The summed E-state index contributed by atoms with van der Waals surface area (Å²) in [4.78, 5) is 10.2. The van der Waals surface area contributed by atoms with Crippen LogP contribution in [0.1, 0.15) is 0 Å². The van der Waals surface area contributed by atoms with Crippen molar-refractivity contribution in [3.63, 3.8) is 0 Å². The predicted molar refractivity (Wildman–Crippen MR) is 40.0 cm³/mol. The molecule has 9 heavy (non-hydrogen) atoms. The van der Waals surface area contributed by atoms with Crippen molar-refractivity contribution in [2.24, 2.45) is 0 Å². The number of carbonyl (C=O) groups is 1. The molecule has 0 saturated heterocycles. The first-order valence-corrected chi connectivity index (χ1v) is 5.54. The molecule has 0 spiro atoms. The normalized spacial score (nSPS) is 13.1. The number of aliphatic carboxylic acids is 1. The Balaban J connectivity index is 3.54. The maximum absolute atomic E-state index is 10.2. The van der Waals surface area contributed by atoms with E-state index in [2.05, 4.69) is 17.0 Å². The van der Waals surface area contributed by atoms with E-state index in [-0.39, 0.29) is 15.2 Å². The molecule has 0 aromatic rings. The van der Waals surface area contributed by atoms with Crippen LogP contribution >= 0.6 is 12.6 Å². The number of thiol groups is 1. The van der Waals surface area contributed by atoms with Gasteiger partial charge in [-0.05, 0) is 0 Å². The molecule has 0 saturated carbocycles. The molecule has 0 amide bonds. The minimum absolute atomic E-state index is 0.200. The van der Waals surface area contributed by atoms with Gasteiger partial charge < -0.3 is 0 Å². The van der Waals surface area contributed by atoms with Crippen molar-refractivity contribution in [3.05, 3.63) is 0 Å². The van der Waals surface area contributed by atoms with Gasteiger partial charge in [0.25, 0.3) is 0 Å². The summed E-state index contributed by atoms with van der Waals surface area (Å²) in [6, 6.07) is -0.474. The monoisotopic (exact) mass is 215 g/mol. The van der Waals surface area contributed by atoms with Crippen molar-refractivity contribution in [1.29, 1.82) is 0 Å². The Morgan fingerprint density at radius 3 is 2.67 bits per heavy atom. The third-order valence-electron chi connectivity index (χ3n) is 0.741. The Morgan fingerprint density at radius 2 is 2.56 bits per heavy atom. The van der Waals surface area contributed by atoms with E-state index in [1.165, 1.54) is 0 Å². The molecular weight excluding hydrogens is 205 g/mol. The summed E-state index contributed by atoms with van der Waals surface area (Å²) < 4.78 is 2.82. The Labute approximate surface area is 66.0 Å². The van der Waals surface area contributed by atoms with Crippen molar-refractivity contribution < 1.29 is 9.90 Å². The van der Waals surface area contributed by atoms with Gasteiger partial charge >= 0.3 is 65.6 Å². The molecule has 0 aliphatic rings. The zero-order valence-electron chi connectivity index (χ0n) is 5.00. The summed E-state index contributed by atoms with van der Waals surface area (Å²) in [7, 11) is 0. The molecule has 0 aliphatic heterocycles. The van der Waals surface area contributed by atoms with E-state index in [0.717, 1.165) is 0 Å². The van der Waals surface area contributed by atoms with Gasteiger partial charge in [-0.25, -0.2) is 0 Å². The van der Waals surface area contributed by atoms with Crippen molar-refractivity contribution in [3.8, 4) is 0 Å². The number of carboxylic acids is 1. The first kappa shape index (κ1) is 9.30. The maximum atomic E-state index is 10.2. The number of hydrogen-bond acceptors (Lipinski definition) is 3. The van der Waals surface area contributed by atoms with Gasteiger partial charge in [-0.15, -0.1) is 0 Å². The first-order valence-electron chi connectivity index (χ1n) is 2.34. The second-order valence-corrected chi connectivity index (χ2v) is 3.11. The molecular formula is C4H9NO2SSe. The summed E-state index contributed by atoms with van der Waals surface area (Å²) in [5, 5.41) is 8.40. The van der Waals surface area contributed by atoms with Gasteiger partial charge in [-0.1, -0.05) is 0 Å². The standard InChI is InChI=1S/C4H9NO2SSe/c1-9-5-3(2-8)4(6)7/h3,5,8H,2H2,1H3,(H,6,7). The van der Waals surface area contributed by atoms with E-state index in [1.54, 1.807) is 0 Å². The second-order valence-electron chi connectivity index (χ2n) is 1.40. The molecule has 1 atom stereocenters. The zero-order chi connectivity index (χ0) is 7.28. The van der Waals surface area contributed by atoms with Crippen LogP contribution in [0.25, 0.3) is 0 Å². The van der Waals surface area contributed by atoms with Gasteiger partial charge in [0.1, 0.15) is 0 Å². The van der Waals surface area contributed by atoms with E-state index in [9.17, 15) is 4.79 Å². The molecule has 5 heteroatoms. The average molecular weight is 214 g/mol. The van der Waals surface area contributed by atoms with Crippen molar-refractivity contribution in [2.45, 2.75) is 11.9 Å². The molecule has 54 valence electrons. The van der Waals surface area contributed by atoms with Crippen LogP contribution in [0.15, 0.2) is 0 Å². The summed E-state index contributed by atoms with van der Waals surface area (Å²) >= 11 is 4.06. The number of carboxylic acid groups (broad SMARTS) is 1. The van der Waals surface area contributed by atoms with Gasteiger partial charge in [-0.3, -0.25) is 0 Å². The van der Waals surface area contributed by atoms with Crippen LogP contribution in [-0.4, -0.2) is 38.0 Å². The molecule has 0 aromatic carbocycles. The van der Waals surface area contributed by atoms with Crippen LogP contribution in [0.5, 0.6) is 0 Å². The molecule has 1 unspecified atom stereocenters. The topological polar surface area (TPSA) is 49.3 Å². The molecule has 0 aliphatic carbocycles. The fourth-order valence-electron chi connectivity index (χ4n) is 0.308. The Kier molecular flexibility index (Phi) is 5.28. The van der Waals surface area contributed by atoms with E-state index in [1.807, 2.05) is 5.82 Å². The van der Waals surface area contributed by atoms with Crippen LogP contribution in [0.4, 0.5) is 0 Å². The molecule has 0 bridgehead atoms. The first-order chi connectivity index (χ1) is 4.22. The van der Waals surface area contributed by atoms with Gasteiger partial charge in [0.15, 0.2) is 0 Å². The number of nitrogens with one attached hydrogen (secondary N) is 1. The Hall–Kier alpha value is 0.299. The van der Waals surface area contributed by atoms with Crippen molar-refractivity contribution in [2.75, 3.05) is 5.75 Å². The van der Waals surface area contributed by atoms with Crippen LogP contribution in [-0.2, 0) is 4.79 Å². The van der Waals surface area contributed by atoms with Gasteiger partial charge in [-0.2, -0.15) is 0 Å². The van der Waals surface area contributed by atoms with Crippen molar-refractivity contribution in [1.82, 2.24) is 4.33 Å². The summed E-state index contributed by atoms with van der Waals surface area (Å²) in [5.74, 6) is 1.45. The third-order valence-corrected chi connectivity index (χ3v) is 2.20. The SMILES string of the molecule is C[Se]NC(CS)C(=O)O. The van der Waals surface area contributed by atoms with Crippen molar-refractivity contribution >= 4 is 33.8 Å². The minimum atomic E-state index is -0.825. The second kappa shape index (κ2) is 5.11. The summed E-state index contributed by atoms with van der Waals surface area (Å²) in [6.45, 7) is 0. The van der Waals surface area contributed by atoms with E-state index < -0.39 is 12.0 Å². The number of rotatable bonds is 4. The van der Waals surface area contributed by atoms with Gasteiger partial charge in [0, 0.05) is 0 Å². The van der Waals surface area contributed by atoms with Crippen LogP contribution in [0, 0.1) is 0 Å². The van der Waals surface area contributed by atoms with Crippen LogP contribution in [0.3, 0.4) is 0 Å². The average Bonchev–Trinajstić information content (AvgIpc) is 1.82. The molecule has 3 nitrogen and oxygen atoms in total. The molecule has 0 heterocycles. The van der Waals surface area contributed by atoms with Crippen LogP contribution < -0.4 is 4.33 Å².